The van der Waals surface area contributed by atoms with Crippen molar-refractivity contribution in [3.8, 4) is 11.5 Å². The molecule has 2 aliphatic rings. The molecule has 0 amide bonds. The molecule has 3 nitrogen and oxygen atoms in total. The van der Waals surface area contributed by atoms with E-state index >= 15 is 0 Å². The zero-order valence-corrected chi connectivity index (χ0v) is 15.8. The average molecular weight is 373 g/mol. The van der Waals surface area contributed by atoms with Crippen LogP contribution in [0.2, 0.25) is 0 Å². The molecular formula is C23H19NO2S. The molecule has 27 heavy (non-hydrogen) atoms. The second kappa shape index (κ2) is 6.78. The van der Waals surface area contributed by atoms with Crippen LogP contribution in [0.5, 0.6) is 11.5 Å². The third-order valence-electron chi connectivity index (χ3n) is 4.93. The van der Waals surface area contributed by atoms with Gasteiger partial charge in [0.1, 0.15) is 0 Å². The van der Waals surface area contributed by atoms with Crippen molar-refractivity contribution in [3.05, 3.63) is 83.4 Å². The first-order valence-corrected chi connectivity index (χ1v) is 9.95. The van der Waals surface area contributed by atoms with E-state index in [4.69, 9.17) is 14.5 Å². The predicted molar refractivity (Wildman–Crippen MR) is 110 cm³/mol. The summed E-state index contributed by atoms with van der Waals surface area (Å²) in [6, 6.07) is 23.1. The van der Waals surface area contributed by atoms with Crippen molar-refractivity contribution in [3.63, 3.8) is 0 Å². The van der Waals surface area contributed by atoms with E-state index < -0.39 is 0 Å². The minimum Gasteiger partial charge on any atom is -0.454 e. The molecule has 0 aliphatic carbocycles. The fraction of sp³-hybridized carbons (Fsp3) is 0.174. The molecule has 1 atom stereocenters. The van der Waals surface area contributed by atoms with E-state index in [1.807, 2.05) is 30.0 Å². The number of benzene rings is 3. The van der Waals surface area contributed by atoms with Crippen molar-refractivity contribution < 1.29 is 9.47 Å². The highest BCUT2D eigenvalue weighted by atomic mass is 32.2. The zero-order valence-electron chi connectivity index (χ0n) is 15.0. The summed E-state index contributed by atoms with van der Waals surface area (Å²) in [4.78, 5) is 6.23. The standard InChI is InChI=1S/C23H19NO2S/c1-15-9-11-16(12-10-15)19-13-22(27-21-8-3-2-6-18(21)24-19)17-5-4-7-20-23(17)26-14-25-20/h2-12,22H,13-14H2,1H3/t22-/m0/s1. The van der Waals surface area contributed by atoms with Crippen molar-refractivity contribution in [2.45, 2.75) is 23.5 Å². The highest BCUT2D eigenvalue weighted by Gasteiger charge is 2.28. The number of thioether (sulfide) groups is 1. The van der Waals surface area contributed by atoms with Crippen LogP contribution in [0.15, 0.2) is 76.6 Å². The first-order chi connectivity index (χ1) is 13.3. The van der Waals surface area contributed by atoms with Crippen LogP contribution in [-0.2, 0) is 0 Å². The van der Waals surface area contributed by atoms with Gasteiger partial charge in [-0.05, 0) is 30.7 Å². The fourth-order valence-corrected chi connectivity index (χ4v) is 4.77. The minimum atomic E-state index is 0.213. The maximum Gasteiger partial charge on any atom is 0.231 e. The van der Waals surface area contributed by atoms with Crippen LogP contribution in [0.25, 0.3) is 0 Å². The lowest BCUT2D eigenvalue weighted by molar-refractivity contribution is 0.173. The Balaban J connectivity index is 1.62. The number of fused-ring (bicyclic) bond motifs is 2. The molecule has 0 unspecified atom stereocenters. The van der Waals surface area contributed by atoms with Gasteiger partial charge in [-0.15, -0.1) is 11.8 Å². The van der Waals surface area contributed by atoms with E-state index in [-0.39, 0.29) is 5.25 Å². The Morgan fingerprint density at radius 3 is 2.67 bits per heavy atom. The molecule has 0 bridgehead atoms. The van der Waals surface area contributed by atoms with Gasteiger partial charge in [-0.1, -0.05) is 54.1 Å². The molecule has 3 aromatic rings. The number of aryl methyl sites for hydroxylation is 1. The number of hydrogen-bond donors (Lipinski definition) is 0. The van der Waals surface area contributed by atoms with Gasteiger partial charge in [0, 0.05) is 27.8 Å². The molecule has 2 aliphatic heterocycles. The molecule has 5 rings (SSSR count). The number of aliphatic imine (C=N–C) groups is 1. The van der Waals surface area contributed by atoms with Crippen LogP contribution in [0.3, 0.4) is 0 Å². The monoisotopic (exact) mass is 373 g/mol. The summed E-state index contributed by atoms with van der Waals surface area (Å²) in [5.74, 6) is 1.71. The maximum atomic E-state index is 5.79. The van der Waals surface area contributed by atoms with Gasteiger partial charge in [0.2, 0.25) is 6.79 Å². The van der Waals surface area contributed by atoms with Gasteiger partial charge in [-0.25, -0.2) is 0 Å². The van der Waals surface area contributed by atoms with Crippen LogP contribution >= 0.6 is 11.8 Å². The molecule has 0 N–H and O–H groups in total. The highest BCUT2D eigenvalue weighted by molar-refractivity contribution is 7.99. The van der Waals surface area contributed by atoms with Gasteiger partial charge in [-0.2, -0.15) is 0 Å². The Morgan fingerprint density at radius 1 is 0.926 bits per heavy atom. The number of nitrogens with zero attached hydrogens (tertiary/aromatic N) is 1. The summed E-state index contributed by atoms with van der Waals surface area (Å²) < 4.78 is 11.4. The SMILES string of the molecule is Cc1ccc(C2=Nc3ccccc3S[C@H](c3cccc4c3OCO4)C2)cc1. The van der Waals surface area contributed by atoms with E-state index in [0.717, 1.165) is 29.3 Å². The molecule has 0 radical (unpaired) electrons. The van der Waals surface area contributed by atoms with Gasteiger partial charge < -0.3 is 9.47 Å². The predicted octanol–water partition coefficient (Wildman–Crippen LogP) is 6.08. The first kappa shape index (κ1) is 16.5. The summed E-state index contributed by atoms with van der Waals surface area (Å²) in [6.45, 7) is 2.40. The van der Waals surface area contributed by atoms with Crippen LogP contribution in [0.4, 0.5) is 5.69 Å². The summed E-state index contributed by atoms with van der Waals surface area (Å²) in [7, 11) is 0. The molecule has 0 saturated heterocycles. The smallest absolute Gasteiger partial charge is 0.231 e. The molecule has 134 valence electrons. The molecule has 0 fully saturated rings. The topological polar surface area (TPSA) is 30.8 Å². The fourth-order valence-electron chi connectivity index (χ4n) is 3.52. The van der Waals surface area contributed by atoms with E-state index in [1.165, 1.54) is 21.6 Å². The highest BCUT2D eigenvalue weighted by Crippen LogP contribution is 2.50. The lowest BCUT2D eigenvalue weighted by Crippen LogP contribution is -2.06. The molecule has 0 spiro atoms. The lowest BCUT2D eigenvalue weighted by atomic mass is 9.99. The van der Waals surface area contributed by atoms with Crippen molar-refractivity contribution in [2.24, 2.45) is 4.99 Å². The lowest BCUT2D eigenvalue weighted by Gasteiger charge is -2.18. The van der Waals surface area contributed by atoms with Crippen molar-refractivity contribution in [2.75, 3.05) is 6.79 Å². The van der Waals surface area contributed by atoms with Crippen molar-refractivity contribution in [1.82, 2.24) is 0 Å². The van der Waals surface area contributed by atoms with E-state index in [9.17, 15) is 0 Å². The quantitative estimate of drug-likeness (QED) is 0.545. The van der Waals surface area contributed by atoms with Crippen LogP contribution in [0.1, 0.15) is 28.4 Å². The Hall–Kier alpha value is -2.72. The van der Waals surface area contributed by atoms with Gasteiger partial charge in [0.05, 0.1) is 5.69 Å². The summed E-state index contributed by atoms with van der Waals surface area (Å²) in [6.07, 6.45) is 0.836. The van der Waals surface area contributed by atoms with Gasteiger partial charge in [0.25, 0.3) is 0 Å². The van der Waals surface area contributed by atoms with Crippen molar-refractivity contribution >= 4 is 23.2 Å². The Morgan fingerprint density at radius 2 is 1.78 bits per heavy atom. The number of ether oxygens (including phenoxy) is 2. The van der Waals surface area contributed by atoms with Gasteiger partial charge in [0.15, 0.2) is 11.5 Å². The molecule has 3 aromatic carbocycles. The molecular weight excluding hydrogens is 354 g/mol. The van der Waals surface area contributed by atoms with Crippen LogP contribution in [0, 0.1) is 6.92 Å². The molecule has 0 aromatic heterocycles. The largest absolute Gasteiger partial charge is 0.454 e. The van der Waals surface area contributed by atoms with Crippen LogP contribution < -0.4 is 9.47 Å². The maximum absolute atomic E-state index is 5.79. The van der Waals surface area contributed by atoms with Crippen molar-refractivity contribution in [1.29, 1.82) is 0 Å². The van der Waals surface area contributed by atoms with E-state index in [1.54, 1.807) is 0 Å². The summed E-state index contributed by atoms with van der Waals surface area (Å²) >= 11 is 1.85. The number of hydrogen-bond acceptors (Lipinski definition) is 4. The number of para-hydroxylation sites is 2. The Bertz CT molecular complexity index is 1030. The van der Waals surface area contributed by atoms with Crippen LogP contribution in [-0.4, -0.2) is 12.5 Å². The third kappa shape index (κ3) is 3.10. The molecule has 2 heterocycles. The normalized spacial score (nSPS) is 17.8. The second-order valence-electron chi connectivity index (χ2n) is 6.78. The zero-order chi connectivity index (χ0) is 18.2. The average Bonchev–Trinajstić information content (AvgIpc) is 3.09. The molecule has 0 saturated carbocycles. The van der Waals surface area contributed by atoms with E-state index in [0.29, 0.717) is 6.79 Å². The minimum absolute atomic E-state index is 0.213. The number of rotatable bonds is 2. The van der Waals surface area contributed by atoms with E-state index in [2.05, 4.69) is 55.5 Å². The van der Waals surface area contributed by atoms with Gasteiger partial charge in [-0.3, -0.25) is 4.99 Å². The summed E-state index contributed by atoms with van der Waals surface area (Å²) in [5, 5.41) is 0.213. The Kier molecular flexibility index (Phi) is 4.13. The third-order valence-corrected chi connectivity index (χ3v) is 6.23. The summed E-state index contributed by atoms with van der Waals surface area (Å²) in [5.41, 5.74) is 5.74. The molecule has 4 heteroatoms. The second-order valence-corrected chi connectivity index (χ2v) is 8.03. The first-order valence-electron chi connectivity index (χ1n) is 9.07. The van der Waals surface area contributed by atoms with Gasteiger partial charge >= 0.3 is 0 Å². The Labute approximate surface area is 163 Å².